The highest BCUT2D eigenvalue weighted by atomic mass is 32.2. The Morgan fingerprint density at radius 2 is 1.09 bits per heavy atom. The Balaban J connectivity index is 0.000000365. The Bertz CT molecular complexity index is 2050. The lowest BCUT2D eigenvalue weighted by Gasteiger charge is -2.22. The molecule has 0 bridgehead atoms. The Morgan fingerprint density at radius 3 is 1.77 bits per heavy atom. The van der Waals surface area contributed by atoms with Gasteiger partial charge in [-0.3, -0.25) is 4.55 Å². The predicted octanol–water partition coefficient (Wildman–Crippen LogP) is 9.81. The molecule has 1 aliphatic carbocycles. The van der Waals surface area contributed by atoms with Crippen LogP contribution in [-0.2, 0) is 16.5 Å². The second-order valence-corrected chi connectivity index (χ2v) is 11.6. The molecule has 214 valence electrons. The monoisotopic (exact) mass is 594 g/mol. The van der Waals surface area contributed by atoms with Gasteiger partial charge in [-0.05, 0) is 78.9 Å². The average Bonchev–Trinajstić information content (AvgIpc) is 3.38. The lowest BCUT2D eigenvalue weighted by atomic mass is 9.81. The first-order valence-electron chi connectivity index (χ1n) is 13.5. The van der Waals surface area contributed by atoms with Crippen molar-refractivity contribution < 1.29 is 26.1 Å². The molecule has 0 fully saturated rings. The number of alkyl halides is 3. The summed E-state index contributed by atoms with van der Waals surface area (Å²) in [4.78, 5) is 0. The van der Waals surface area contributed by atoms with Crippen LogP contribution in [0.15, 0.2) is 133 Å². The van der Waals surface area contributed by atoms with Gasteiger partial charge >= 0.3 is 15.6 Å². The Labute approximate surface area is 247 Å². The zero-order chi connectivity index (χ0) is 30.2. The standard InChI is InChI=1S/C35H24.CHF3O3S/c1-3-12-25(13-4-1)31-23-32-29-20-10-8-17-27(29)22-33(32)35(34(31)26-15-5-2-6-16-26)30-21-11-18-24-14-7-9-19-28(24)30;2-1(3,4)8(5,6)7/h1-21,23H,22H2;(H,5,6,7). The molecule has 3 nitrogen and oxygen atoms in total. The molecule has 1 aliphatic rings. The lowest BCUT2D eigenvalue weighted by Crippen LogP contribution is -2.21. The van der Waals surface area contributed by atoms with E-state index < -0.39 is 15.6 Å². The molecule has 7 heteroatoms. The summed E-state index contributed by atoms with van der Waals surface area (Å²) in [5.41, 5.74) is 7.82. The first-order chi connectivity index (χ1) is 20.6. The van der Waals surface area contributed by atoms with E-state index in [4.69, 9.17) is 13.0 Å². The fourth-order valence-corrected chi connectivity index (χ4v) is 5.77. The van der Waals surface area contributed by atoms with E-state index in [9.17, 15) is 13.2 Å². The number of halogens is 3. The minimum atomic E-state index is -5.84. The normalized spacial score (nSPS) is 12.3. The first-order valence-corrected chi connectivity index (χ1v) is 15.0. The summed E-state index contributed by atoms with van der Waals surface area (Å²) in [6.45, 7) is 0. The van der Waals surface area contributed by atoms with Gasteiger partial charge in [-0.2, -0.15) is 21.6 Å². The molecule has 0 aliphatic heterocycles. The third kappa shape index (κ3) is 5.45. The number of benzene rings is 6. The van der Waals surface area contributed by atoms with E-state index in [1.165, 1.54) is 66.4 Å². The van der Waals surface area contributed by atoms with E-state index in [-0.39, 0.29) is 0 Å². The van der Waals surface area contributed by atoms with Gasteiger partial charge in [-0.25, -0.2) is 0 Å². The molecule has 0 unspecified atom stereocenters. The minimum Gasteiger partial charge on any atom is -0.279 e. The molecule has 0 saturated carbocycles. The summed E-state index contributed by atoms with van der Waals surface area (Å²) in [6.07, 6.45) is 0.957. The smallest absolute Gasteiger partial charge is 0.279 e. The molecular weight excluding hydrogens is 569 g/mol. The van der Waals surface area contributed by atoms with Gasteiger partial charge in [0.2, 0.25) is 0 Å². The van der Waals surface area contributed by atoms with Crippen molar-refractivity contribution in [1.29, 1.82) is 0 Å². The highest BCUT2D eigenvalue weighted by Crippen LogP contribution is 2.51. The van der Waals surface area contributed by atoms with Crippen LogP contribution < -0.4 is 0 Å². The fraction of sp³-hybridized carbons (Fsp3) is 0.0556. The summed E-state index contributed by atoms with van der Waals surface area (Å²) in [5.74, 6) is 0. The first kappa shape index (κ1) is 28.4. The van der Waals surface area contributed by atoms with Crippen LogP contribution in [0.1, 0.15) is 11.1 Å². The quantitative estimate of drug-likeness (QED) is 0.164. The van der Waals surface area contributed by atoms with Crippen molar-refractivity contribution in [2.75, 3.05) is 0 Å². The third-order valence-electron chi connectivity index (χ3n) is 7.61. The summed E-state index contributed by atoms with van der Waals surface area (Å²) in [7, 11) is -5.84. The molecule has 6 aromatic carbocycles. The van der Waals surface area contributed by atoms with Gasteiger partial charge in [0.1, 0.15) is 0 Å². The van der Waals surface area contributed by atoms with Crippen LogP contribution in [0, 0.1) is 0 Å². The highest BCUT2D eigenvalue weighted by Gasteiger charge is 2.44. The van der Waals surface area contributed by atoms with Crippen molar-refractivity contribution >= 4 is 20.9 Å². The molecule has 0 aromatic heterocycles. The molecule has 0 saturated heterocycles. The molecule has 0 spiro atoms. The summed E-state index contributed by atoms with van der Waals surface area (Å²) >= 11 is 0. The van der Waals surface area contributed by atoms with Crippen LogP contribution in [-0.4, -0.2) is 18.5 Å². The van der Waals surface area contributed by atoms with E-state index in [1.807, 2.05) is 0 Å². The molecule has 0 amide bonds. The van der Waals surface area contributed by atoms with Gasteiger partial charge in [-0.15, -0.1) is 0 Å². The van der Waals surface area contributed by atoms with Crippen LogP contribution in [0.25, 0.3) is 55.3 Å². The third-order valence-corrected chi connectivity index (χ3v) is 8.19. The Kier molecular flexibility index (Phi) is 7.38. The second-order valence-electron chi connectivity index (χ2n) is 10.2. The molecule has 43 heavy (non-hydrogen) atoms. The number of rotatable bonds is 3. The van der Waals surface area contributed by atoms with Gasteiger partial charge in [-0.1, -0.05) is 127 Å². The van der Waals surface area contributed by atoms with Crippen molar-refractivity contribution in [1.82, 2.24) is 0 Å². The fourth-order valence-electron chi connectivity index (χ4n) is 5.77. The molecular formula is C36H25F3O3S. The summed E-state index contributed by atoms with van der Waals surface area (Å²) in [5, 5.41) is 2.58. The maximum atomic E-state index is 10.7. The second kappa shape index (κ2) is 11.2. The van der Waals surface area contributed by atoms with Crippen LogP contribution in [0.5, 0.6) is 0 Å². The SMILES string of the molecule is O=S(=O)(O)C(F)(F)F.c1ccc(-c2cc3c(c(-c4cccc5ccccc45)c2-c2ccccc2)Cc2ccccc2-3)cc1. The van der Waals surface area contributed by atoms with Crippen molar-refractivity contribution in [2.45, 2.75) is 11.9 Å². The Hall–Kier alpha value is -4.72. The van der Waals surface area contributed by atoms with Crippen molar-refractivity contribution in [3.05, 3.63) is 145 Å². The summed E-state index contributed by atoms with van der Waals surface area (Å²) < 4.78 is 57.5. The van der Waals surface area contributed by atoms with E-state index in [0.717, 1.165) is 6.42 Å². The van der Waals surface area contributed by atoms with E-state index in [0.29, 0.717) is 0 Å². The molecule has 7 rings (SSSR count). The molecule has 0 atom stereocenters. The number of hydrogen-bond donors (Lipinski definition) is 1. The van der Waals surface area contributed by atoms with Crippen molar-refractivity contribution in [3.63, 3.8) is 0 Å². The average molecular weight is 595 g/mol. The van der Waals surface area contributed by atoms with Crippen LogP contribution in [0.2, 0.25) is 0 Å². The topological polar surface area (TPSA) is 54.4 Å². The van der Waals surface area contributed by atoms with Crippen LogP contribution >= 0.6 is 0 Å². The number of hydrogen-bond acceptors (Lipinski definition) is 2. The molecule has 0 radical (unpaired) electrons. The van der Waals surface area contributed by atoms with Crippen molar-refractivity contribution in [3.8, 4) is 44.5 Å². The van der Waals surface area contributed by atoms with E-state index >= 15 is 0 Å². The molecule has 1 N–H and O–H groups in total. The summed E-state index contributed by atoms with van der Waals surface area (Å²) in [6, 6.07) is 48.6. The Morgan fingerprint density at radius 1 is 0.558 bits per heavy atom. The molecule has 6 aromatic rings. The van der Waals surface area contributed by atoms with Gasteiger partial charge < -0.3 is 0 Å². The van der Waals surface area contributed by atoms with Crippen LogP contribution in [0.4, 0.5) is 13.2 Å². The van der Waals surface area contributed by atoms with Crippen molar-refractivity contribution in [2.24, 2.45) is 0 Å². The van der Waals surface area contributed by atoms with Gasteiger partial charge in [0.25, 0.3) is 0 Å². The maximum Gasteiger partial charge on any atom is 0.522 e. The number of fused-ring (bicyclic) bond motifs is 4. The van der Waals surface area contributed by atoms with Gasteiger partial charge in [0.05, 0.1) is 0 Å². The molecule has 0 heterocycles. The van der Waals surface area contributed by atoms with Gasteiger partial charge in [0.15, 0.2) is 0 Å². The largest absolute Gasteiger partial charge is 0.522 e. The zero-order valence-corrected chi connectivity index (χ0v) is 23.5. The zero-order valence-electron chi connectivity index (χ0n) is 22.7. The highest BCUT2D eigenvalue weighted by molar-refractivity contribution is 7.86. The minimum absolute atomic E-state index is 0.957. The maximum absolute atomic E-state index is 10.7. The van der Waals surface area contributed by atoms with E-state index in [2.05, 4.69) is 133 Å². The predicted molar refractivity (Wildman–Crippen MR) is 166 cm³/mol. The van der Waals surface area contributed by atoms with Gasteiger partial charge in [0, 0.05) is 0 Å². The lowest BCUT2D eigenvalue weighted by molar-refractivity contribution is -0.0510. The van der Waals surface area contributed by atoms with E-state index in [1.54, 1.807) is 0 Å². The van der Waals surface area contributed by atoms with Crippen LogP contribution in [0.3, 0.4) is 0 Å².